The highest BCUT2D eigenvalue weighted by Gasteiger charge is 2.30. The zero-order chi connectivity index (χ0) is 21.5. The zero-order valence-corrected chi connectivity index (χ0v) is 18.1. The molecule has 1 saturated heterocycles. The van der Waals surface area contributed by atoms with E-state index in [2.05, 4.69) is 12.2 Å². The smallest absolute Gasteiger partial charge is 0.410 e. The van der Waals surface area contributed by atoms with E-state index in [4.69, 9.17) is 9.47 Å². The molecule has 1 aromatic carbocycles. The van der Waals surface area contributed by atoms with Crippen molar-refractivity contribution >= 4 is 12.0 Å². The van der Waals surface area contributed by atoms with Gasteiger partial charge in [-0.05, 0) is 62.1 Å². The number of rotatable bonds is 6. The van der Waals surface area contributed by atoms with Crippen molar-refractivity contribution in [2.24, 2.45) is 11.8 Å². The lowest BCUT2D eigenvalue weighted by Crippen LogP contribution is -2.44. The molecule has 1 aliphatic heterocycles. The van der Waals surface area contributed by atoms with Crippen molar-refractivity contribution in [3.05, 3.63) is 23.8 Å². The maximum absolute atomic E-state index is 12.5. The molecule has 2 fully saturated rings. The van der Waals surface area contributed by atoms with Crippen LogP contribution in [-0.4, -0.2) is 48.3 Å². The van der Waals surface area contributed by atoms with E-state index < -0.39 is 0 Å². The van der Waals surface area contributed by atoms with Crippen molar-refractivity contribution in [2.45, 2.75) is 64.5 Å². The summed E-state index contributed by atoms with van der Waals surface area (Å²) in [5.41, 5.74) is 0.858. The first-order chi connectivity index (χ1) is 14.5. The maximum atomic E-state index is 12.5. The minimum Gasteiger partial charge on any atom is -0.504 e. The fourth-order valence-corrected chi connectivity index (χ4v) is 4.36. The molecule has 166 valence electrons. The SMILES string of the molecule is CC[C@H]1CC[C@@H](OC(=O)N2CCC(C(=O)NCc3ccc(O)c(OC)c3)CC2)CC1. The molecule has 1 aromatic rings. The summed E-state index contributed by atoms with van der Waals surface area (Å²) in [6.07, 6.45) is 6.51. The second kappa shape index (κ2) is 10.5. The van der Waals surface area contributed by atoms with E-state index in [0.717, 1.165) is 37.2 Å². The number of amides is 2. The molecule has 0 radical (unpaired) electrons. The van der Waals surface area contributed by atoms with E-state index >= 15 is 0 Å². The Morgan fingerprint density at radius 2 is 1.83 bits per heavy atom. The number of hydrogen-bond acceptors (Lipinski definition) is 5. The van der Waals surface area contributed by atoms with Crippen molar-refractivity contribution in [2.75, 3.05) is 20.2 Å². The van der Waals surface area contributed by atoms with Gasteiger partial charge in [-0.3, -0.25) is 4.79 Å². The summed E-state index contributed by atoms with van der Waals surface area (Å²) < 4.78 is 10.8. The summed E-state index contributed by atoms with van der Waals surface area (Å²) in [6, 6.07) is 5.02. The fraction of sp³-hybridized carbons (Fsp3) is 0.652. The van der Waals surface area contributed by atoms with Crippen LogP contribution in [-0.2, 0) is 16.1 Å². The highest BCUT2D eigenvalue weighted by molar-refractivity contribution is 5.79. The molecule has 1 saturated carbocycles. The number of nitrogens with zero attached hydrogens (tertiary/aromatic N) is 1. The van der Waals surface area contributed by atoms with Crippen LogP contribution in [0.2, 0.25) is 0 Å². The number of ether oxygens (including phenoxy) is 2. The molecule has 30 heavy (non-hydrogen) atoms. The van der Waals surface area contributed by atoms with E-state index in [0.29, 0.717) is 38.2 Å². The lowest BCUT2D eigenvalue weighted by Gasteiger charge is -2.33. The van der Waals surface area contributed by atoms with Gasteiger partial charge in [0.25, 0.3) is 0 Å². The van der Waals surface area contributed by atoms with Gasteiger partial charge in [0, 0.05) is 25.6 Å². The van der Waals surface area contributed by atoms with Crippen LogP contribution in [0.4, 0.5) is 4.79 Å². The average molecular weight is 419 g/mol. The van der Waals surface area contributed by atoms with Crippen LogP contribution >= 0.6 is 0 Å². The van der Waals surface area contributed by atoms with Crippen molar-refractivity contribution in [1.82, 2.24) is 10.2 Å². The Morgan fingerprint density at radius 3 is 2.47 bits per heavy atom. The first-order valence-corrected chi connectivity index (χ1v) is 11.1. The predicted octanol–water partition coefficient (Wildman–Crippen LogP) is 3.83. The Labute approximate surface area is 178 Å². The number of benzene rings is 1. The van der Waals surface area contributed by atoms with Crippen LogP contribution < -0.4 is 10.1 Å². The average Bonchev–Trinajstić information content (AvgIpc) is 2.78. The second-order valence-electron chi connectivity index (χ2n) is 8.42. The third kappa shape index (κ3) is 5.80. The topological polar surface area (TPSA) is 88.1 Å². The van der Waals surface area contributed by atoms with Gasteiger partial charge in [-0.1, -0.05) is 19.4 Å². The fourth-order valence-electron chi connectivity index (χ4n) is 4.36. The van der Waals surface area contributed by atoms with E-state index in [9.17, 15) is 14.7 Å². The largest absolute Gasteiger partial charge is 0.504 e. The van der Waals surface area contributed by atoms with Crippen molar-refractivity contribution in [1.29, 1.82) is 0 Å². The Morgan fingerprint density at radius 1 is 1.13 bits per heavy atom. The molecule has 0 atom stereocenters. The summed E-state index contributed by atoms with van der Waals surface area (Å²) in [5, 5.41) is 12.6. The molecule has 1 aliphatic carbocycles. The van der Waals surface area contributed by atoms with Gasteiger partial charge in [-0.25, -0.2) is 4.79 Å². The molecule has 3 rings (SSSR count). The molecule has 2 N–H and O–H groups in total. The molecule has 7 heteroatoms. The van der Waals surface area contributed by atoms with Crippen LogP contribution in [0, 0.1) is 11.8 Å². The molecule has 0 aromatic heterocycles. The quantitative estimate of drug-likeness (QED) is 0.733. The van der Waals surface area contributed by atoms with Gasteiger partial charge in [0.1, 0.15) is 6.10 Å². The minimum atomic E-state index is -0.231. The number of phenols is 1. The highest BCUT2D eigenvalue weighted by atomic mass is 16.6. The van der Waals surface area contributed by atoms with Gasteiger partial charge in [-0.15, -0.1) is 0 Å². The second-order valence-corrected chi connectivity index (χ2v) is 8.42. The molecule has 1 heterocycles. The van der Waals surface area contributed by atoms with Crippen molar-refractivity contribution < 1.29 is 24.2 Å². The lowest BCUT2D eigenvalue weighted by molar-refractivity contribution is -0.126. The third-order valence-electron chi connectivity index (χ3n) is 6.47. The molecular weight excluding hydrogens is 384 g/mol. The molecule has 2 aliphatic rings. The summed E-state index contributed by atoms with van der Waals surface area (Å²) in [7, 11) is 1.49. The first-order valence-electron chi connectivity index (χ1n) is 11.1. The van der Waals surface area contributed by atoms with Crippen LogP contribution in [0.1, 0.15) is 57.4 Å². The summed E-state index contributed by atoms with van der Waals surface area (Å²) in [6.45, 7) is 3.69. The molecule has 0 spiro atoms. The Balaban J connectivity index is 1.39. The molecule has 0 unspecified atom stereocenters. The number of hydrogen-bond donors (Lipinski definition) is 2. The lowest BCUT2D eigenvalue weighted by atomic mass is 9.86. The number of phenolic OH excluding ortho intramolecular Hbond substituents is 1. The van der Waals surface area contributed by atoms with Crippen LogP contribution in [0.25, 0.3) is 0 Å². The van der Waals surface area contributed by atoms with Crippen LogP contribution in [0.3, 0.4) is 0 Å². The monoisotopic (exact) mass is 418 g/mol. The number of piperidine rings is 1. The number of carbonyl (C=O) groups excluding carboxylic acids is 2. The molecular formula is C23H34N2O5. The Kier molecular flexibility index (Phi) is 7.82. The highest BCUT2D eigenvalue weighted by Crippen LogP contribution is 2.29. The van der Waals surface area contributed by atoms with E-state index in [-0.39, 0.29) is 29.8 Å². The number of nitrogens with one attached hydrogen (secondary N) is 1. The van der Waals surface area contributed by atoms with Crippen molar-refractivity contribution in [3.63, 3.8) is 0 Å². The minimum absolute atomic E-state index is 0.00653. The van der Waals surface area contributed by atoms with E-state index in [1.807, 2.05) is 0 Å². The summed E-state index contributed by atoms with van der Waals surface area (Å²) in [4.78, 5) is 26.7. The molecule has 2 amide bonds. The first kappa shape index (κ1) is 22.2. The Hall–Kier alpha value is -2.44. The third-order valence-corrected chi connectivity index (χ3v) is 6.47. The summed E-state index contributed by atoms with van der Waals surface area (Å²) >= 11 is 0. The van der Waals surface area contributed by atoms with Crippen LogP contribution in [0.15, 0.2) is 18.2 Å². The number of carbonyl (C=O) groups is 2. The van der Waals surface area contributed by atoms with Gasteiger partial charge < -0.3 is 24.8 Å². The van der Waals surface area contributed by atoms with Gasteiger partial charge in [-0.2, -0.15) is 0 Å². The Bertz CT molecular complexity index is 722. The normalized spacial score (nSPS) is 22.4. The molecule has 7 nitrogen and oxygen atoms in total. The van der Waals surface area contributed by atoms with Gasteiger partial charge in [0.2, 0.25) is 5.91 Å². The van der Waals surface area contributed by atoms with Gasteiger partial charge in [0.15, 0.2) is 11.5 Å². The number of aromatic hydroxyl groups is 1. The maximum Gasteiger partial charge on any atom is 0.410 e. The summed E-state index contributed by atoms with van der Waals surface area (Å²) in [5.74, 6) is 1.12. The van der Waals surface area contributed by atoms with Crippen molar-refractivity contribution in [3.8, 4) is 11.5 Å². The number of likely N-dealkylation sites (tertiary alicyclic amines) is 1. The van der Waals surface area contributed by atoms with Crippen LogP contribution in [0.5, 0.6) is 11.5 Å². The number of methoxy groups -OCH3 is 1. The van der Waals surface area contributed by atoms with Gasteiger partial charge >= 0.3 is 6.09 Å². The predicted molar refractivity (Wildman–Crippen MR) is 113 cm³/mol. The van der Waals surface area contributed by atoms with E-state index in [1.54, 1.807) is 23.1 Å². The molecule has 0 bridgehead atoms. The standard InChI is InChI=1S/C23H34N2O5/c1-3-16-4-7-19(8-5-16)30-23(28)25-12-10-18(11-13-25)22(27)24-15-17-6-9-20(26)21(14-17)29-2/h6,9,14,16,18-19,26H,3-5,7-8,10-13,15H2,1-2H3,(H,24,27)/t16-,19+. The van der Waals surface area contributed by atoms with Gasteiger partial charge in [0.05, 0.1) is 7.11 Å². The van der Waals surface area contributed by atoms with E-state index in [1.165, 1.54) is 13.5 Å². The zero-order valence-electron chi connectivity index (χ0n) is 18.1.